The van der Waals surface area contributed by atoms with Crippen molar-refractivity contribution in [2.45, 2.75) is 63.6 Å². The van der Waals surface area contributed by atoms with Crippen LogP contribution in [0.1, 0.15) is 51.9 Å². The molecule has 0 amide bonds. The first-order valence-corrected chi connectivity index (χ1v) is 9.17. The van der Waals surface area contributed by atoms with E-state index in [2.05, 4.69) is 11.7 Å². The lowest BCUT2D eigenvalue weighted by atomic mass is 9.92. The summed E-state index contributed by atoms with van der Waals surface area (Å²) < 4.78 is 4.52. The van der Waals surface area contributed by atoms with Crippen LogP contribution in [0.15, 0.2) is 48.1 Å². The first kappa shape index (κ1) is 22.1. The SMILES string of the molecule is CCCCC/C=C\C[C@]1(O)C=CC(=O)/C1=C/C=C/[C@H](O)CCC(=O)OC. The van der Waals surface area contributed by atoms with Gasteiger partial charge in [0, 0.05) is 18.4 Å². The van der Waals surface area contributed by atoms with Gasteiger partial charge in [0.15, 0.2) is 5.78 Å². The van der Waals surface area contributed by atoms with Crippen LogP contribution in [-0.2, 0) is 14.3 Å². The molecule has 1 aliphatic carbocycles. The first-order valence-electron chi connectivity index (χ1n) is 9.17. The largest absolute Gasteiger partial charge is 0.469 e. The summed E-state index contributed by atoms with van der Waals surface area (Å²) in [7, 11) is 1.30. The molecule has 0 aromatic heterocycles. The Labute approximate surface area is 155 Å². The van der Waals surface area contributed by atoms with Gasteiger partial charge in [-0.25, -0.2) is 0 Å². The van der Waals surface area contributed by atoms with E-state index in [1.54, 1.807) is 0 Å². The van der Waals surface area contributed by atoms with Crippen molar-refractivity contribution < 1.29 is 24.5 Å². The van der Waals surface area contributed by atoms with Crippen LogP contribution in [0.5, 0.6) is 0 Å². The molecule has 26 heavy (non-hydrogen) atoms. The van der Waals surface area contributed by atoms with Crippen LogP contribution in [0.3, 0.4) is 0 Å². The number of carbonyl (C=O) groups is 2. The smallest absolute Gasteiger partial charge is 0.305 e. The standard InChI is InChI=1S/C21H30O5/c1-3-4-5-6-7-8-15-21(25)16-14-19(23)18(21)11-9-10-17(22)12-13-20(24)26-2/h7-11,14,16-17,22,25H,3-6,12-13,15H2,1-2H3/b8-7-,10-9+,18-11-/t17-,21-/m0/s1. The molecule has 0 aromatic rings. The number of ketones is 1. The average molecular weight is 362 g/mol. The first-order chi connectivity index (χ1) is 12.4. The number of ether oxygens (including phenoxy) is 1. The van der Waals surface area contributed by atoms with E-state index in [0.717, 1.165) is 12.8 Å². The highest BCUT2D eigenvalue weighted by Gasteiger charge is 2.35. The molecule has 1 rings (SSSR count). The fourth-order valence-corrected chi connectivity index (χ4v) is 2.65. The Hall–Kier alpha value is -1.98. The highest BCUT2D eigenvalue weighted by molar-refractivity contribution is 6.09. The molecular formula is C21H30O5. The molecule has 144 valence electrons. The summed E-state index contributed by atoms with van der Waals surface area (Å²) in [6, 6.07) is 0. The molecule has 0 fully saturated rings. The van der Waals surface area contributed by atoms with Gasteiger partial charge in [-0.1, -0.05) is 50.1 Å². The maximum absolute atomic E-state index is 12.0. The number of carbonyl (C=O) groups excluding carboxylic acids is 2. The van der Waals surface area contributed by atoms with Gasteiger partial charge in [0.05, 0.1) is 13.2 Å². The third-order valence-corrected chi connectivity index (χ3v) is 4.28. The molecular weight excluding hydrogens is 332 g/mol. The number of unbranched alkanes of at least 4 members (excludes halogenated alkanes) is 3. The molecule has 0 spiro atoms. The minimum atomic E-state index is -1.31. The summed E-state index contributed by atoms with van der Waals surface area (Å²) in [6.45, 7) is 2.15. The van der Waals surface area contributed by atoms with Crippen LogP contribution in [0.25, 0.3) is 0 Å². The quantitative estimate of drug-likeness (QED) is 0.255. The Bertz CT molecular complexity index is 585. The van der Waals surface area contributed by atoms with Crippen LogP contribution in [0, 0.1) is 0 Å². The van der Waals surface area contributed by atoms with Gasteiger partial charge in [-0.3, -0.25) is 9.59 Å². The zero-order valence-electron chi connectivity index (χ0n) is 15.7. The molecule has 5 heteroatoms. The van der Waals surface area contributed by atoms with Crippen LogP contribution in [0.2, 0.25) is 0 Å². The Morgan fingerprint density at radius 2 is 2.12 bits per heavy atom. The number of methoxy groups -OCH3 is 1. The van der Waals surface area contributed by atoms with Gasteiger partial charge >= 0.3 is 5.97 Å². The van der Waals surface area contributed by atoms with Crippen molar-refractivity contribution in [3.63, 3.8) is 0 Å². The van der Waals surface area contributed by atoms with E-state index < -0.39 is 11.7 Å². The van der Waals surface area contributed by atoms with Gasteiger partial charge in [-0.05, 0) is 31.4 Å². The van der Waals surface area contributed by atoms with Gasteiger partial charge in [0.1, 0.15) is 5.60 Å². The molecule has 0 aromatic carbocycles. The van der Waals surface area contributed by atoms with Gasteiger partial charge < -0.3 is 14.9 Å². The molecule has 2 N–H and O–H groups in total. The minimum absolute atomic E-state index is 0.117. The highest BCUT2D eigenvalue weighted by atomic mass is 16.5. The van der Waals surface area contributed by atoms with Gasteiger partial charge in [0.25, 0.3) is 0 Å². The molecule has 0 saturated heterocycles. The van der Waals surface area contributed by atoms with E-state index in [-0.39, 0.29) is 30.2 Å². The van der Waals surface area contributed by atoms with Gasteiger partial charge in [0.2, 0.25) is 0 Å². The average Bonchev–Trinajstić information content (AvgIpc) is 2.91. The zero-order chi connectivity index (χ0) is 19.4. The summed E-state index contributed by atoms with van der Waals surface area (Å²) >= 11 is 0. The van der Waals surface area contributed by atoms with Crippen molar-refractivity contribution in [2.75, 3.05) is 7.11 Å². The number of allylic oxidation sites excluding steroid dienone is 4. The van der Waals surface area contributed by atoms with Crippen molar-refractivity contribution in [2.24, 2.45) is 0 Å². The van der Waals surface area contributed by atoms with Gasteiger partial charge in [-0.2, -0.15) is 0 Å². The number of hydrogen-bond acceptors (Lipinski definition) is 5. The number of hydrogen-bond donors (Lipinski definition) is 2. The maximum Gasteiger partial charge on any atom is 0.305 e. The molecule has 0 saturated carbocycles. The molecule has 1 aliphatic rings. The van der Waals surface area contributed by atoms with E-state index in [1.165, 1.54) is 50.3 Å². The minimum Gasteiger partial charge on any atom is -0.469 e. The number of aliphatic hydroxyl groups excluding tert-OH is 1. The number of rotatable bonds is 11. The lowest BCUT2D eigenvalue weighted by Gasteiger charge is -2.20. The topological polar surface area (TPSA) is 83.8 Å². The monoisotopic (exact) mass is 362 g/mol. The normalized spacial score (nSPS) is 22.8. The third kappa shape index (κ3) is 7.50. The zero-order valence-corrected chi connectivity index (χ0v) is 15.7. The maximum atomic E-state index is 12.0. The third-order valence-electron chi connectivity index (χ3n) is 4.28. The summed E-state index contributed by atoms with van der Waals surface area (Å²) in [5.41, 5.74) is -1.02. The van der Waals surface area contributed by atoms with Crippen molar-refractivity contribution in [3.8, 4) is 0 Å². The lowest BCUT2D eigenvalue weighted by Crippen LogP contribution is -2.27. The second-order valence-corrected chi connectivity index (χ2v) is 6.44. The molecule has 0 aliphatic heterocycles. The van der Waals surface area contributed by atoms with E-state index >= 15 is 0 Å². The molecule has 5 nitrogen and oxygen atoms in total. The summed E-state index contributed by atoms with van der Waals surface area (Å²) in [6.07, 6.45) is 15.7. The lowest BCUT2D eigenvalue weighted by molar-refractivity contribution is -0.141. The highest BCUT2D eigenvalue weighted by Crippen LogP contribution is 2.30. The van der Waals surface area contributed by atoms with E-state index in [0.29, 0.717) is 6.42 Å². The number of esters is 1. The fraction of sp³-hybridized carbons (Fsp3) is 0.524. The predicted octanol–water partition coefficient (Wildman–Crippen LogP) is 3.18. The van der Waals surface area contributed by atoms with Crippen LogP contribution < -0.4 is 0 Å². The molecule has 2 atom stereocenters. The van der Waals surface area contributed by atoms with Crippen molar-refractivity contribution in [1.29, 1.82) is 0 Å². The molecule has 0 bridgehead atoms. The summed E-state index contributed by atoms with van der Waals surface area (Å²) in [5.74, 6) is -0.619. The Kier molecular flexibility index (Phi) is 9.84. The molecule has 0 radical (unpaired) electrons. The van der Waals surface area contributed by atoms with Crippen LogP contribution >= 0.6 is 0 Å². The van der Waals surface area contributed by atoms with E-state index in [1.807, 2.05) is 12.2 Å². The van der Waals surface area contributed by atoms with Crippen molar-refractivity contribution in [1.82, 2.24) is 0 Å². The second-order valence-electron chi connectivity index (χ2n) is 6.44. The predicted molar refractivity (Wildman–Crippen MR) is 101 cm³/mol. The number of aliphatic hydroxyl groups is 2. The van der Waals surface area contributed by atoms with Crippen LogP contribution in [-0.4, -0.2) is 40.8 Å². The second kappa shape index (κ2) is 11.6. The Morgan fingerprint density at radius 1 is 1.35 bits per heavy atom. The fourth-order valence-electron chi connectivity index (χ4n) is 2.65. The Morgan fingerprint density at radius 3 is 2.81 bits per heavy atom. The molecule has 0 heterocycles. The van der Waals surface area contributed by atoms with E-state index in [4.69, 9.17) is 0 Å². The van der Waals surface area contributed by atoms with Crippen molar-refractivity contribution in [3.05, 3.63) is 48.1 Å². The molecule has 0 unspecified atom stereocenters. The van der Waals surface area contributed by atoms with E-state index in [9.17, 15) is 19.8 Å². The summed E-state index contributed by atoms with van der Waals surface area (Å²) in [5, 5.41) is 20.5. The van der Waals surface area contributed by atoms with Gasteiger partial charge in [-0.15, -0.1) is 0 Å². The van der Waals surface area contributed by atoms with Crippen molar-refractivity contribution >= 4 is 11.8 Å². The van der Waals surface area contributed by atoms with Crippen LogP contribution in [0.4, 0.5) is 0 Å². The summed E-state index contributed by atoms with van der Waals surface area (Å²) in [4.78, 5) is 23.0. The Balaban J connectivity index is 2.61.